The maximum absolute atomic E-state index is 17.1. The van der Waals surface area contributed by atoms with Gasteiger partial charge in [0.25, 0.3) is 0 Å². The fourth-order valence-corrected chi connectivity index (χ4v) is 7.53. The van der Waals surface area contributed by atoms with E-state index >= 15 is 4.39 Å². The third-order valence-electron chi connectivity index (χ3n) is 9.28. The lowest BCUT2D eigenvalue weighted by Gasteiger charge is -2.62. The number of fused-ring (bicyclic) bond motifs is 5. The standard InChI is InChI=1S/C26H37FO5/c1-15-11-19-18-8-7-16-12-17(28)9-10-23(16,5)25(18,27)20(29)13-24(19,6)26(15,31)21(30)14-32-22(2,3)4/h9-10,12,15,18-20,29,31H,7-8,11,13-14H2,1-6H3/t15-,18+,19+,20+,23+,24+,25+,26+/m1/s1. The van der Waals surface area contributed by atoms with Gasteiger partial charge in [0.2, 0.25) is 0 Å². The minimum atomic E-state index is -1.96. The molecule has 4 aliphatic rings. The van der Waals surface area contributed by atoms with E-state index in [-0.39, 0.29) is 30.6 Å². The monoisotopic (exact) mass is 448 g/mol. The Morgan fingerprint density at radius 2 is 1.94 bits per heavy atom. The van der Waals surface area contributed by atoms with E-state index in [2.05, 4.69) is 0 Å². The van der Waals surface area contributed by atoms with Crippen molar-refractivity contribution in [2.24, 2.45) is 28.6 Å². The van der Waals surface area contributed by atoms with Crippen LogP contribution in [0.3, 0.4) is 0 Å². The minimum absolute atomic E-state index is 0.0164. The Hall–Kier alpha value is -1.37. The van der Waals surface area contributed by atoms with Gasteiger partial charge in [-0.1, -0.05) is 25.5 Å². The molecule has 0 radical (unpaired) electrons. The van der Waals surface area contributed by atoms with Crippen LogP contribution in [0.5, 0.6) is 0 Å². The fraction of sp³-hybridized carbons (Fsp3) is 0.769. The summed E-state index contributed by atoms with van der Waals surface area (Å²) in [6.07, 6.45) is 4.70. The zero-order valence-electron chi connectivity index (χ0n) is 20.1. The number of ketones is 2. The van der Waals surface area contributed by atoms with E-state index in [9.17, 15) is 19.8 Å². The third-order valence-corrected chi connectivity index (χ3v) is 9.28. The maximum atomic E-state index is 17.1. The van der Waals surface area contributed by atoms with E-state index in [1.54, 1.807) is 13.0 Å². The lowest BCUT2D eigenvalue weighted by atomic mass is 9.44. The Kier molecular flexibility index (Phi) is 5.25. The molecule has 0 aromatic carbocycles. The topological polar surface area (TPSA) is 83.8 Å². The highest BCUT2D eigenvalue weighted by atomic mass is 19.1. The Morgan fingerprint density at radius 3 is 2.56 bits per heavy atom. The molecule has 5 nitrogen and oxygen atoms in total. The average molecular weight is 449 g/mol. The zero-order chi connectivity index (χ0) is 23.9. The fourth-order valence-electron chi connectivity index (χ4n) is 7.53. The molecule has 4 aliphatic carbocycles. The number of carbonyl (C=O) groups is 2. The second kappa shape index (κ2) is 7.07. The van der Waals surface area contributed by atoms with E-state index in [1.807, 2.05) is 34.6 Å². The van der Waals surface area contributed by atoms with Gasteiger partial charge >= 0.3 is 0 Å². The van der Waals surface area contributed by atoms with Crippen molar-refractivity contribution >= 4 is 11.6 Å². The van der Waals surface area contributed by atoms with E-state index in [4.69, 9.17) is 4.74 Å². The lowest BCUT2D eigenvalue weighted by molar-refractivity contribution is -0.220. The van der Waals surface area contributed by atoms with E-state index in [0.29, 0.717) is 19.3 Å². The van der Waals surface area contributed by atoms with E-state index in [1.165, 1.54) is 12.2 Å². The summed E-state index contributed by atoms with van der Waals surface area (Å²) in [5.41, 5.74) is -5.50. The summed E-state index contributed by atoms with van der Waals surface area (Å²) in [7, 11) is 0. The van der Waals surface area contributed by atoms with Gasteiger partial charge in [-0.15, -0.1) is 0 Å². The molecule has 0 heterocycles. The summed E-state index contributed by atoms with van der Waals surface area (Å²) in [4.78, 5) is 25.3. The summed E-state index contributed by atoms with van der Waals surface area (Å²) >= 11 is 0. The second-order valence-corrected chi connectivity index (χ2v) is 12.0. The largest absolute Gasteiger partial charge is 0.390 e. The van der Waals surface area contributed by atoms with Gasteiger partial charge in [-0.3, -0.25) is 9.59 Å². The highest BCUT2D eigenvalue weighted by molar-refractivity contribution is 6.01. The highest BCUT2D eigenvalue weighted by Crippen LogP contribution is 2.70. The number of carbonyl (C=O) groups excluding carboxylic acids is 2. The predicted molar refractivity (Wildman–Crippen MR) is 119 cm³/mol. The van der Waals surface area contributed by atoms with Crippen LogP contribution >= 0.6 is 0 Å². The molecular formula is C26H37FO5. The number of allylic oxidation sites excluding steroid dienone is 4. The number of aliphatic hydroxyl groups is 2. The molecule has 6 heteroatoms. The van der Waals surface area contributed by atoms with Crippen LogP contribution in [-0.4, -0.2) is 51.4 Å². The van der Waals surface area contributed by atoms with Crippen LogP contribution < -0.4 is 0 Å². The Morgan fingerprint density at radius 1 is 1.28 bits per heavy atom. The molecule has 0 unspecified atom stereocenters. The minimum Gasteiger partial charge on any atom is -0.390 e. The van der Waals surface area contributed by atoms with Crippen LogP contribution in [0.2, 0.25) is 0 Å². The first kappa shape index (κ1) is 23.8. The molecule has 0 spiro atoms. The number of aliphatic hydroxyl groups excluding tert-OH is 1. The molecule has 0 amide bonds. The molecule has 2 N–H and O–H groups in total. The van der Waals surface area contributed by atoms with Crippen molar-refractivity contribution in [3.8, 4) is 0 Å². The Bertz CT molecular complexity index is 902. The molecule has 0 aromatic heterocycles. The van der Waals surface area contributed by atoms with Crippen LogP contribution in [-0.2, 0) is 14.3 Å². The van der Waals surface area contributed by atoms with Crippen LogP contribution in [0.1, 0.15) is 67.2 Å². The first-order valence-corrected chi connectivity index (χ1v) is 11.8. The van der Waals surface area contributed by atoms with Crippen LogP contribution in [0.4, 0.5) is 4.39 Å². The maximum Gasteiger partial charge on any atom is 0.190 e. The summed E-state index contributed by atoms with van der Waals surface area (Å²) in [5, 5.41) is 23.2. The normalized spacial score (nSPS) is 48.0. The molecule has 0 bridgehead atoms. The molecule has 0 aliphatic heterocycles. The Labute approximate surface area is 190 Å². The molecule has 4 rings (SSSR count). The smallest absolute Gasteiger partial charge is 0.190 e. The number of Topliss-reactive ketones (excluding diaryl/α,β-unsaturated/α-hetero) is 1. The van der Waals surface area contributed by atoms with Gasteiger partial charge in [0.15, 0.2) is 17.2 Å². The molecule has 32 heavy (non-hydrogen) atoms. The van der Waals surface area contributed by atoms with Gasteiger partial charge in [-0.25, -0.2) is 4.39 Å². The quantitative estimate of drug-likeness (QED) is 0.688. The number of rotatable bonds is 3. The Balaban J connectivity index is 1.73. The van der Waals surface area contributed by atoms with Gasteiger partial charge in [0.05, 0.1) is 11.7 Å². The van der Waals surface area contributed by atoms with Gasteiger partial charge < -0.3 is 14.9 Å². The molecule has 8 atom stereocenters. The van der Waals surface area contributed by atoms with E-state index in [0.717, 1.165) is 5.57 Å². The van der Waals surface area contributed by atoms with Crippen molar-refractivity contribution < 1.29 is 28.9 Å². The van der Waals surface area contributed by atoms with Crippen molar-refractivity contribution in [1.82, 2.24) is 0 Å². The van der Waals surface area contributed by atoms with Crippen molar-refractivity contribution in [2.75, 3.05) is 6.61 Å². The van der Waals surface area contributed by atoms with Crippen molar-refractivity contribution in [3.63, 3.8) is 0 Å². The average Bonchev–Trinajstić information content (AvgIpc) is 2.89. The number of ether oxygens (including phenoxy) is 1. The summed E-state index contributed by atoms with van der Waals surface area (Å²) in [5.74, 6) is -1.71. The molecule has 3 fully saturated rings. The summed E-state index contributed by atoms with van der Waals surface area (Å²) in [6, 6.07) is 0. The van der Waals surface area contributed by atoms with E-state index < -0.39 is 45.5 Å². The van der Waals surface area contributed by atoms with Gasteiger partial charge in [-0.2, -0.15) is 0 Å². The molecule has 3 saturated carbocycles. The van der Waals surface area contributed by atoms with Crippen molar-refractivity contribution in [1.29, 1.82) is 0 Å². The molecular weight excluding hydrogens is 411 g/mol. The number of alkyl halides is 1. The third kappa shape index (κ3) is 2.91. The number of hydrogen-bond acceptors (Lipinski definition) is 5. The number of hydrogen-bond donors (Lipinski definition) is 2. The van der Waals surface area contributed by atoms with Crippen molar-refractivity contribution in [3.05, 3.63) is 23.8 Å². The molecule has 0 aromatic rings. The lowest BCUT2D eigenvalue weighted by Crippen LogP contribution is -2.69. The summed E-state index contributed by atoms with van der Waals surface area (Å²) < 4.78 is 22.8. The zero-order valence-corrected chi connectivity index (χ0v) is 20.1. The molecule has 178 valence electrons. The first-order valence-electron chi connectivity index (χ1n) is 11.8. The first-order chi connectivity index (χ1) is 14.6. The van der Waals surface area contributed by atoms with Gasteiger partial charge in [0, 0.05) is 16.7 Å². The SMILES string of the molecule is C[C@@H]1C[C@H]2[C@@H]3CCC4=CC(=O)C=C[C@]4(C)[C@@]3(F)[C@@H](O)C[C@]2(C)[C@@]1(O)C(=O)COC(C)(C)C. The van der Waals surface area contributed by atoms with Crippen molar-refractivity contribution in [2.45, 2.75) is 90.2 Å². The van der Waals surface area contributed by atoms with Crippen LogP contribution in [0.15, 0.2) is 23.8 Å². The van der Waals surface area contributed by atoms with Gasteiger partial charge in [0.1, 0.15) is 12.2 Å². The van der Waals surface area contributed by atoms with Crippen LogP contribution in [0.25, 0.3) is 0 Å². The highest BCUT2D eigenvalue weighted by Gasteiger charge is 2.75. The number of halogens is 1. The second-order valence-electron chi connectivity index (χ2n) is 12.0. The van der Waals surface area contributed by atoms with Gasteiger partial charge in [-0.05, 0) is 77.4 Å². The summed E-state index contributed by atoms with van der Waals surface area (Å²) in [6.45, 7) is 10.8. The predicted octanol–water partition coefficient (Wildman–Crippen LogP) is 3.72. The molecule has 0 saturated heterocycles. The van der Waals surface area contributed by atoms with Crippen LogP contribution in [0, 0.1) is 28.6 Å².